The van der Waals surface area contributed by atoms with E-state index in [1.54, 1.807) is 6.92 Å². The molecule has 1 saturated carbocycles. The number of carbonyl (C=O) groups is 2. The van der Waals surface area contributed by atoms with Gasteiger partial charge in [0.1, 0.15) is 0 Å². The van der Waals surface area contributed by atoms with Crippen LogP contribution in [-0.4, -0.2) is 53.2 Å². The minimum Gasteiger partial charge on any atom is -0.466 e. The lowest BCUT2D eigenvalue weighted by Gasteiger charge is -2.57. The number of carbonyl (C=O) groups excluding carboxylic acids is 1. The van der Waals surface area contributed by atoms with Crippen LogP contribution in [0.5, 0.6) is 0 Å². The first-order valence-electron chi connectivity index (χ1n) is 7.55. The molecule has 1 aliphatic carbocycles. The maximum absolute atomic E-state index is 11.7. The fourth-order valence-electron chi connectivity index (χ4n) is 4.15. The SMILES string of the molecule is CCOC(=O)CC1(C[N+](=O)[O-])CC2(CCN(C(=O)O)CC2)C1. The number of nitrogens with zero attached hydrogens (tertiary/aromatic N) is 2. The Bertz CT molecular complexity index is 462. The normalized spacial score (nSPS) is 22.0. The first-order chi connectivity index (χ1) is 10.3. The van der Waals surface area contributed by atoms with Crippen LogP contribution in [0.15, 0.2) is 0 Å². The summed E-state index contributed by atoms with van der Waals surface area (Å²) in [6.45, 7) is 2.68. The number of hydrogen-bond donors (Lipinski definition) is 1. The second-order valence-electron chi connectivity index (χ2n) is 6.60. The lowest BCUT2D eigenvalue weighted by molar-refractivity contribution is -0.505. The quantitative estimate of drug-likeness (QED) is 0.470. The largest absolute Gasteiger partial charge is 0.466 e. The number of piperidine rings is 1. The van der Waals surface area contributed by atoms with Gasteiger partial charge >= 0.3 is 12.1 Å². The van der Waals surface area contributed by atoms with E-state index in [2.05, 4.69) is 0 Å². The zero-order valence-corrected chi connectivity index (χ0v) is 12.7. The molecule has 2 rings (SSSR count). The Labute approximate surface area is 128 Å². The van der Waals surface area contributed by atoms with Crippen molar-refractivity contribution in [3.63, 3.8) is 0 Å². The van der Waals surface area contributed by atoms with Crippen LogP contribution in [0.4, 0.5) is 4.79 Å². The Balaban J connectivity index is 1.97. The van der Waals surface area contributed by atoms with Crippen LogP contribution < -0.4 is 0 Å². The van der Waals surface area contributed by atoms with Gasteiger partial charge in [0.2, 0.25) is 6.54 Å². The van der Waals surface area contributed by atoms with Crippen LogP contribution in [0.25, 0.3) is 0 Å². The molecule has 0 radical (unpaired) electrons. The standard InChI is InChI=1S/C14H22N2O6/c1-2-22-11(17)7-14(10-16(20)21)8-13(9-14)3-5-15(6-4-13)12(18)19/h2-10H2,1H3,(H,18,19). The minimum atomic E-state index is -0.919. The molecule has 0 aromatic heterocycles. The summed E-state index contributed by atoms with van der Waals surface area (Å²) in [6, 6.07) is 0. The summed E-state index contributed by atoms with van der Waals surface area (Å²) in [7, 11) is 0. The monoisotopic (exact) mass is 314 g/mol. The second kappa shape index (κ2) is 6.10. The van der Waals surface area contributed by atoms with Gasteiger partial charge in [0.05, 0.1) is 13.0 Å². The maximum atomic E-state index is 11.7. The molecular formula is C14H22N2O6. The molecule has 0 aromatic carbocycles. The molecule has 1 saturated heterocycles. The molecule has 22 heavy (non-hydrogen) atoms. The van der Waals surface area contributed by atoms with E-state index in [0.717, 1.165) is 0 Å². The Morgan fingerprint density at radius 1 is 1.32 bits per heavy atom. The summed E-state index contributed by atoms with van der Waals surface area (Å²) < 4.78 is 4.93. The average molecular weight is 314 g/mol. The van der Waals surface area contributed by atoms with Crippen LogP contribution in [0, 0.1) is 20.9 Å². The van der Waals surface area contributed by atoms with Crippen molar-refractivity contribution in [2.24, 2.45) is 10.8 Å². The van der Waals surface area contributed by atoms with Crippen LogP contribution in [-0.2, 0) is 9.53 Å². The fraction of sp³-hybridized carbons (Fsp3) is 0.857. The van der Waals surface area contributed by atoms with Gasteiger partial charge in [0.15, 0.2) is 0 Å². The molecular weight excluding hydrogens is 292 g/mol. The molecule has 1 N–H and O–H groups in total. The van der Waals surface area contributed by atoms with Gasteiger partial charge in [-0.1, -0.05) is 0 Å². The predicted molar refractivity (Wildman–Crippen MR) is 76.0 cm³/mol. The third kappa shape index (κ3) is 3.48. The molecule has 1 amide bonds. The summed E-state index contributed by atoms with van der Waals surface area (Å²) in [6.07, 6.45) is 1.79. The van der Waals surface area contributed by atoms with Gasteiger partial charge in [-0.2, -0.15) is 0 Å². The number of carboxylic acid groups (broad SMARTS) is 1. The van der Waals surface area contributed by atoms with Gasteiger partial charge in [-0.05, 0) is 38.0 Å². The highest BCUT2D eigenvalue weighted by Gasteiger charge is 2.58. The molecule has 0 atom stereocenters. The van der Waals surface area contributed by atoms with Gasteiger partial charge in [-0.3, -0.25) is 14.9 Å². The molecule has 8 nitrogen and oxygen atoms in total. The van der Waals surface area contributed by atoms with E-state index in [9.17, 15) is 19.7 Å². The molecule has 8 heteroatoms. The van der Waals surface area contributed by atoms with E-state index in [1.807, 2.05) is 0 Å². The maximum Gasteiger partial charge on any atom is 0.407 e. The number of amides is 1. The Morgan fingerprint density at radius 3 is 2.36 bits per heavy atom. The summed E-state index contributed by atoms with van der Waals surface area (Å²) in [5.74, 6) is -0.387. The van der Waals surface area contributed by atoms with Gasteiger partial charge in [0.25, 0.3) is 0 Å². The van der Waals surface area contributed by atoms with Crippen molar-refractivity contribution in [2.75, 3.05) is 26.2 Å². The highest BCUT2D eigenvalue weighted by molar-refractivity contribution is 5.70. The molecule has 0 aromatic rings. The third-order valence-electron chi connectivity index (χ3n) is 4.88. The van der Waals surface area contributed by atoms with E-state index < -0.39 is 11.5 Å². The van der Waals surface area contributed by atoms with Crippen LogP contribution in [0.1, 0.15) is 39.0 Å². The summed E-state index contributed by atoms with van der Waals surface area (Å²) in [5.41, 5.74) is -0.671. The van der Waals surface area contributed by atoms with Crippen molar-refractivity contribution >= 4 is 12.1 Å². The average Bonchev–Trinajstić information content (AvgIpc) is 2.36. The number of likely N-dealkylation sites (tertiary alicyclic amines) is 1. The first-order valence-corrected chi connectivity index (χ1v) is 7.55. The molecule has 1 aliphatic heterocycles. The highest BCUT2D eigenvalue weighted by Crippen LogP contribution is 2.61. The Morgan fingerprint density at radius 2 is 1.91 bits per heavy atom. The molecule has 2 fully saturated rings. The van der Waals surface area contributed by atoms with Gasteiger partial charge in [0, 0.05) is 23.4 Å². The topological polar surface area (TPSA) is 110 Å². The van der Waals surface area contributed by atoms with Crippen LogP contribution in [0.3, 0.4) is 0 Å². The number of rotatable bonds is 5. The molecule has 1 heterocycles. The van der Waals surface area contributed by atoms with Crippen molar-refractivity contribution in [2.45, 2.75) is 39.0 Å². The van der Waals surface area contributed by atoms with E-state index >= 15 is 0 Å². The number of esters is 1. The molecule has 124 valence electrons. The minimum absolute atomic E-state index is 0.0472. The Kier molecular flexibility index (Phi) is 4.58. The van der Waals surface area contributed by atoms with E-state index in [1.165, 1.54) is 4.90 Å². The van der Waals surface area contributed by atoms with E-state index in [0.29, 0.717) is 38.8 Å². The van der Waals surface area contributed by atoms with Crippen molar-refractivity contribution < 1.29 is 24.4 Å². The van der Waals surface area contributed by atoms with E-state index in [-0.39, 0.29) is 35.9 Å². The lowest BCUT2D eigenvalue weighted by Crippen LogP contribution is -2.56. The fourth-order valence-corrected chi connectivity index (χ4v) is 4.15. The zero-order chi connectivity index (χ0) is 16.4. The summed E-state index contributed by atoms with van der Waals surface area (Å²) >= 11 is 0. The number of ether oxygens (including phenoxy) is 1. The molecule has 0 bridgehead atoms. The van der Waals surface area contributed by atoms with Gasteiger partial charge < -0.3 is 14.7 Å². The number of nitro groups is 1. The predicted octanol–water partition coefficient (Wildman–Crippen LogP) is 1.76. The third-order valence-corrected chi connectivity index (χ3v) is 4.88. The molecule has 2 aliphatic rings. The van der Waals surface area contributed by atoms with E-state index in [4.69, 9.17) is 9.84 Å². The van der Waals surface area contributed by atoms with Crippen LogP contribution in [0.2, 0.25) is 0 Å². The number of hydrogen-bond acceptors (Lipinski definition) is 5. The van der Waals surface area contributed by atoms with Crippen molar-refractivity contribution in [1.29, 1.82) is 0 Å². The summed E-state index contributed by atoms with van der Waals surface area (Å²) in [5, 5.41) is 19.9. The van der Waals surface area contributed by atoms with Gasteiger partial charge in [-0.15, -0.1) is 0 Å². The highest BCUT2D eigenvalue weighted by atomic mass is 16.6. The first kappa shape index (κ1) is 16.5. The van der Waals surface area contributed by atoms with Crippen molar-refractivity contribution in [3.8, 4) is 0 Å². The zero-order valence-electron chi connectivity index (χ0n) is 12.7. The lowest BCUT2D eigenvalue weighted by atomic mass is 9.48. The van der Waals surface area contributed by atoms with Crippen LogP contribution >= 0.6 is 0 Å². The summed E-state index contributed by atoms with van der Waals surface area (Å²) in [4.78, 5) is 34.6. The van der Waals surface area contributed by atoms with Crippen molar-refractivity contribution in [3.05, 3.63) is 10.1 Å². The van der Waals surface area contributed by atoms with Crippen molar-refractivity contribution in [1.82, 2.24) is 4.90 Å². The Hall–Kier alpha value is -1.86. The smallest absolute Gasteiger partial charge is 0.407 e. The van der Waals surface area contributed by atoms with Gasteiger partial charge in [-0.25, -0.2) is 4.79 Å². The molecule has 0 unspecified atom stereocenters. The second-order valence-corrected chi connectivity index (χ2v) is 6.60. The molecule has 1 spiro atoms.